The van der Waals surface area contributed by atoms with Gasteiger partial charge >= 0.3 is 0 Å². The van der Waals surface area contributed by atoms with E-state index in [-0.39, 0.29) is 6.04 Å². The van der Waals surface area contributed by atoms with Gasteiger partial charge in [-0.1, -0.05) is 36.9 Å². The SMILES string of the molecule is C=C1C(C)=CC(c2nc3cnc(N)cc3n2[C@@H](C)c2ccccc2)=CN1C. The van der Waals surface area contributed by atoms with E-state index >= 15 is 0 Å². The van der Waals surface area contributed by atoms with E-state index in [0.29, 0.717) is 5.82 Å². The third-order valence-electron chi connectivity index (χ3n) is 5.11. The van der Waals surface area contributed by atoms with Crippen LogP contribution in [-0.2, 0) is 0 Å². The Morgan fingerprint density at radius 2 is 1.93 bits per heavy atom. The number of rotatable bonds is 3. The second-order valence-corrected chi connectivity index (χ2v) is 6.96. The predicted molar refractivity (Wildman–Crippen MR) is 111 cm³/mol. The molecule has 0 amide bonds. The van der Waals surface area contributed by atoms with Crippen molar-refractivity contribution >= 4 is 22.4 Å². The molecule has 0 fully saturated rings. The largest absolute Gasteiger partial charge is 0.384 e. The molecule has 1 aromatic carbocycles. The second kappa shape index (κ2) is 6.43. The summed E-state index contributed by atoms with van der Waals surface area (Å²) in [6, 6.07) is 12.4. The van der Waals surface area contributed by atoms with Gasteiger partial charge in [0.2, 0.25) is 0 Å². The number of benzene rings is 1. The average molecular weight is 357 g/mol. The average Bonchev–Trinajstić information content (AvgIpc) is 3.04. The molecule has 0 unspecified atom stereocenters. The van der Waals surface area contributed by atoms with E-state index in [0.717, 1.165) is 33.7 Å². The van der Waals surface area contributed by atoms with E-state index < -0.39 is 0 Å². The molecule has 5 nitrogen and oxygen atoms in total. The molecule has 0 radical (unpaired) electrons. The molecule has 0 saturated heterocycles. The van der Waals surface area contributed by atoms with Gasteiger partial charge in [-0.25, -0.2) is 9.97 Å². The number of nitrogens with zero attached hydrogens (tertiary/aromatic N) is 4. The van der Waals surface area contributed by atoms with Crippen LogP contribution in [0.25, 0.3) is 16.6 Å². The first-order valence-corrected chi connectivity index (χ1v) is 8.96. The summed E-state index contributed by atoms with van der Waals surface area (Å²) in [7, 11) is 2.01. The molecule has 136 valence electrons. The Kier molecular flexibility index (Phi) is 4.07. The van der Waals surface area contributed by atoms with Crippen LogP contribution in [0, 0.1) is 0 Å². The molecule has 3 heterocycles. The molecule has 0 saturated carbocycles. The smallest absolute Gasteiger partial charge is 0.143 e. The first-order chi connectivity index (χ1) is 13.0. The lowest BCUT2D eigenvalue weighted by Crippen LogP contribution is -2.17. The van der Waals surface area contributed by atoms with Crippen LogP contribution in [0.1, 0.15) is 31.3 Å². The van der Waals surface area contributed by atoms with Gasteiger partial charge in [0.15, 0.2) is 0 Å². The number of aromatic nitrogens is 3. The van der Waals surface area contributed by atoms with Gasteiger partial charge in [0.05, 0.1) is 17.8 Å². The van der Waals surface area contributed by atoms with Crippen LogP contribution in [0.4, 0.5) is 5.82 Å². The predicted octanol–water partition coefficient (Wildman–Crippen LogP) is 4.37. The molecule has 1 atom stereocenters. The highest BCUT2D eigenvalue weighted by Crippen LogP contribution is 2.33. The van der Waals surface area contributed by atoms with Crippen molar-refractivity contribution in [3.63, 3.8) is 0 Å². The van der Waals surface area contributed by atoms with E-state index in [4.69, 9.17) is 10.7 Å². The fourth-order valence-electron chi connectivity index (χ4n) is 3.53. The van der Waals surface area contributed by atoms with Crippen molar-refractivity contribution in [2.45, 2.75) is 19.9 Å². The van der Waals surface area contributed by atoms with Crippen molar-refractivity contribution in [1.82, 2.24) is 19.4 Å². The van der Waals surface area contributed by atoms with Crippen LogP contribution in [0.3, 0.4) is 0 Å². The van der Waals surface area contributed by atoms with Crippen molar-refractivity contribution in [2.24, 2.45) is 0 Å². The van der Waals surface area contributed by atoms with E-state index in [9.17, 15) is 0 Å². The maximum absolute atomic E-state index is 5.98. The van der Waals surface area contributed by atoms with Gasteiger partial charge in [-0.15, -0.1) is 0 Å². The molecular weight excluding hydrogens is 334 g/mol. The molecule has 4 rings (SSSR count). The summed E-state index contributed by atoms with van der Waals surface area (Å²) >= 11 is 0. The van der Waals surface area contributed by atoms with Gasteiger partial charge in [-0.3, -0.25) is 0 Å². The van der Waals surface area contributed by atoms with Crippen LogP contribution in [0.5, 0.6) is 0 Å². The number of pyridine rings is 1. The van der Waals surface area contributed by atoms with E-state index in [1.807, 2.05) is 24.1 Å². The summed E-state index contributed by atoms with van der Waals surface area (Å²) < 4.78 is 2.24. The molecule has 27 heavy (non-hydrogen) atoms. The fraction of sp³-hybridized carbons (Fsp3) is 0.182. The highest BCUT2D eigenvalue weighted by Gasteiger charge is 2.22. The zero-order valence-electron chi connectivity index (χ0n) is 15.8. The zero-order chi connectivity index (χ0) is 19.1. The fourth-order valence-corrected chi connectivity index (χ4v) is 3.53. The van der Waals surface area contributed by atoms with Crippen molar-refractivity contribution in [3.8, 4) is 0 Å². The Balaban J connectivity index is 1.96. The Morgan fingerprint density at radius 1 is 1.19 bits per heavy atom. The summed E-state index contributed by atoms with van der Waals surface area (Å²) in [4.78, 5) is 11.2. The number of hydrogen-bond donors (Lipinski definition) is 1. The summed E-state index contributed by atoms with van der Waals surface area (Å²) in [5.41, 5.74) is 12.2. The van der Waals surface area contributed by atoms with E-state index in [1.165, 1.54) is 5.56 Å². The lowest BCUT2D eigenvalue weighted by molar-refractivity contribution is 0.575. The van der Waals surface area contributed by atoms with Crippen LogP contribution in [-0.4, -0.2) is 26.5 Å². The molecular formula is C22H23N5. The number of likely N-dealkylation sites (N-methyl/N-ethyl adjacent to an activating group) is 1. The van der Waals surface area contributed by atoms with Gasteiger partial charge < -0.3 is 15.2 Å². The van der Waals surface area contributed by atoms with Crippen LogP contribution < -0.4 is 5.73 Å². The number of fused-ring (bicyclic) bond motifs is 1. The summed E-state index contributed by atoms with van der Waals surface area (Å²) in [6.07, 6.45) is 5.95. The van der Waals surface area contributed by atoms with E-state index in [1.54, 1.807) is 6.20 Å². The van der Waals surface area contributed by atoms with Gasteiger partial charge in [0, 0.05) is 30.6 Å². The standard InChI is InChI=1S/C22H23N5/c1-14-10-18(13-26(4)15(14)2)22-25-19-12-24-21(23)11-20(19)27(22)16(3)17-8-6-5-7-9-17/h5-13,16H,2H2,1,3-4H3,(H2,23,24)/t16-/m0/s1. The minimum atomic E-state index is 0.0954. The Bertz CT molecular complexity index is 1090. The molecule has 1 aliphatic heterocycles. The second-order valence-electron chi connectivity index (χ2n) is 6.96. The molecule has 0 aliphatic carbocycles. The highest BCUT2D eigenvalue weighted by molar-refractivity contribution is 5.84. The topological polar surface area (TPSA) is 60.0 Å². The normalized spacial score (nSPS) is 15.7. The zero-order valence-corrected chi connectivity index (χ0v) is 15.8. The lowest BCUT2D eigenvalue weighted by Gasteiger charge is -2.25. The minimum Gasteiger partial charge on any atom is -0.384 e. The molecule has 1 aliphatic rings. The first kappa shape index (κ1) is 17.1. The first-order valence-electron chi connectivity index (χ1n) is 8.96. The van der Waals surface area contributed by atoms with E-state index in [2.05, 4.69) is 66.5 Å². The lowest BCUT2D eigenvalue weighted by atomic mass is 10.0. The molecule has 2 N–H and O–H groups in total. The van der Waals surface area contributed by atoms with Crippen LogP contribution >= 0.6 is 0 Å². The molecule has 0 spiro atoms. The summed E-state index contributed by atoms with van der Waals surface area (Å²) in [6.45, 7) is 8.37. The number of anilines is 1. The Morgan fingerprint density at radius 3 is 2.63 bits per heavy atom. The number of hydrogen-bond acceptors (Lipinski definition) is 4. The monoisotopic (exact) mass is 357 g/mol. The van der Waals surface area contributed by atoms with Gasteiger partial charge in [0.1, 0.15) is 17.2 Å². The maximum Gasteiger partial charge on any atom is 0.143 e. The number of nitrogens with two attached hydrogens (primary N) is 1. The maximum atomic E-state index is 5.98. The highest BCUT2D eigenvalue weighted by atomic mass is 15.1. The third-order valence-corrected chi connectivity index (χ3v) is 5.11. The summed E-state index contributed by atoms with van der Waals surface area (Å²) in [5, 5.41) is 0. The molecule has 5 heteroatoms. The minimum absolute atomic E-state index is 0.0954. The van der Waals surface area contributed by atoms with Crippen molar-refractivity contribution < 1.29 is 0 Å². The number of allylic oxidation sites excluding steroid dienone is 3. The van der Waals surface area contributed by atoms with Gasteiger partial charge in [-0.05, 0) is 31.1 Å². The number of imidazole rings is 1. The molecule has 2 aromatic heterocycles. The van der Waals surface area contributed by atoms with Crippen LogP contribution in [0.15, 0.2) is 72.7 Å². The quantitative estimate of drug-likeness (QED) is 0.756. The Labute approximate surface area is 159 Å². The molecule has 0 bridgehead atoms. The van der Waals surface area contributed by atoms with Crippen molar-refractivity contribution in [1.29, 1.82) is 0 Å². The third kappa shape index (κ3) is 2.91. The number of nitrogen functional groups attached to an aromatic ring is 1. The van der Waals surface area contributed by atoms with Gasteiger partial charge in [0.25, 0.3) is 0 Å². The van der Waals surface area contributed by atoms with Crippen LogP contribution in [0.2, 0.25) is 0 Å². The Hall–Kier alpha value is -3.34. The van der Waals surface area contributed by atoms with Crippen molar-refractivity contribution in [2.75, 3.05) is 12.8 Å². The van der Waals surface area contributed by atoms with Crippen molar-refractivity contribution in [3.05, 3.63) is 84.1 Å². The molecule has 3 aromatic rings. The summed E-state index contributed by atoms with van der Waals surface area (Å²) in [5.74, 6) is 1.39. The van der Waals surface area contributed by atoms with Gasteiger partial charge in [-0.2, -0.15) is 0 Å².